The largest absolute Gasteiger partial charge is 0.349 e. The van der Waals surface area contributed by atoms with Gasteiger partial charge in [-0.2, -0.15) is 0 Å². The molecule has 3 atom stereocenters. The van der Waals surface area contributed by atoms with Crippen LogP contribution in [0.1, 0.15) is 43.5 Å². The highest BCUT2D eigenvalue weighted by Crippen LogP contribution is 2.57. The molecule has 3 aliphatic rings. The Morgan fingerprint density at radius 3 is 2.03 bits per heavy atom. The highest BCUT2D eigenvalue weighted by Gasteiger charge is 2.74. The quantitative estimate of drug-likeness (QED) is 0.370. The van der Waals surface area contributed by atoms with Gasteiger partial charge in [-0.1, -0.05) is 82.2 Å². The minimum Gasteiger partial charge on any atom is -0.349 e. The molecule has 2 saturated heterocycles. The number of hydrogen-bond donors (Lipinski definition) is 0. The predicted molar refractivity (Wildman–Crippen MR) is 130 cm³/mol. The number of amides is 2. The SMILES string of the molecule is Cc1ccc(CN2C(=O)[C@@H]3[C@@H](C2=O)C2(O[C@H]3c3ccc(Br)cc3)C(=O)c3ccccc3C2=O)cc1. The molecule has 35 heavy (non-hydrogen) atoms. The fraction of sp³-hybridized carbons (Fsp3) is 0.214. The van der Waals surface area contributed by atoms with Crippen LogP contribution in [0.5, 0.6) is 0 Å². The van der Waals surface area contributed by atoms with E-state index in [0.29, 0.717) is 5.56 Å². The number of likely N-dealkylation sites (tertiary alicyclic amines) is 1. The van der Waals surface area contributed by atoms with Crippen molar-refractivity contribution in [2.75, 3.05) is 0 Å². The number of carbonyl (C=O) groups excluding carboxylic acids is 4. The van der Waals surface area contributed by atoms with Crippen molar-refractivity contribution < 1.29 is 23.9 Å². The van der Waals surface area contributed by atoms with Crippen LogP contribution in [0.15, 0.2) is 77.3 Å². The van der Waals surface area contributed by atoms with Crippen LogP contribution in [0.3, 0.4) is 0 Å². The molecule has 0 unspecified atom stereocenters. The van der Waals surface area contributed by atoms with Gasteiger partial charge in [-0.05, 0) is 30.2 Å². The van der Waals surface area contributed by atoms with Crippen LogP contribution in [0.2, 0.25) is 0 Å². The zero-order valence-corrected chi connectivity index (χ0v) is 20.3. The van der Waals surface area contributed by atoms with Crippen molar-refractivity contribution in [3.63, 3.8) is 0 Å². The van der Waals surface area contributed by atoms with Gasteiger partial charge in [0.05, 0.1) is 24.5 Å². The number of benzene rings is 3. The molecule has 6 rings (SSSR count). The number of halogens is 1. The summed E-state index contributed by atoms with van der Waals surface area (Å²) in [5, 5.41) is 0. The molecule has 2 amide bonds. The lowest BCUT2D eigenvalue weighted by Crippen LogP contribution is -2.50. The van der Waals surface area contributed by atoms with Gasteiger partial charge < -0.3 is 4.74 Å². The lowest BCUT2D eigenvalue weighted by atomic mass is 9.77. The van der Waals surface area contributed by atoms with E-state index in [1.807, 2.05) is 31.2 Å². The third-order valence-corrected chi connectivity index (χ3v) is 7.80. The van der Waals surface area contributed by atoms with Crippen LogP contribution in [0, 0.1) is 18.8 Å². The molecule has 3 aromatic rings. The van der Waals surface area contributed by atoms with Crippen LogP contribution in [-0.4, -0.2) is 33.9 Å². The number of carbonyl (C=O) groups is 4. The zero-order chi connectivity index (χ0) is 24.5. The van der Waals surface area contributed by atoms with Crippen molar-refractivity contribution in [2.45, 2.75) is 25.2 Å². The Morgan fingerprint density at radius 1 is 0.829 bits per heavy atom. The van der Waals surface area contributed by atoms with Gasteiger partial charge in [-0.25, -0.2) is 0 Å². The Bertz CT molecular complexity index is 1380. The van der Waals surface area contributed by atoms with Crippen molar-refractivity contribution in [3.8, 4) is 0 Å². The van der Waals surface area contributed by atoms with Gasteiger partial charge in [-0.15, -0.1) is 0 Å². The van der Waals surface area contributed by atoms with Gasteiger partial charge in [-0.3, -0.25) is 24.1 Å². The van der Waals surface area contributed by atoms with Gasteiger partial charge in [0, 0.05) is 15.6 Å². The van der Waals surface area contributed by atoms with Crippen molar-refractivity contribution in [3.05, 3.63) is 105 Å². The van der Waals surface area contributed by atoms with E-state index in [-0.39, 0.29) is 17.7 Å². The first kappa shape index (κ1) is 22.1. The second kappa shape index (κ2) is 7.80. The van der Waals surface area contributed by atoms with Gasteiger partial charge in [0.15, 0.2) is 0 Å². The highest BCUT2D eigenvalue weighted by molar-refractivity contribution is 9.10. The first-order chi connectivity index (χ1) is 16.8. The van der Waals surface area contributed by atoms with E-state index in [1.165, 1.54) is 4.90 Å². The summed E-state index contributed by atoms with van der Waals surface area (Å²) in [4.78, 5) is 56.2. The van der Waals surface area contributed by atoms with Crippen molar-refractivity contribution >= 4 is 39.3 Å². The lowest BCUT2D eigenvalue weighted by molar-refractivity contribution is -0.145. The Morgan fingerprint density at radius 2 is 1.43 bits per heavy atom. The molecule has 2 fully saturated rings. The molecular weight excluding hydrogens is 510 g/mol. The molecule has 0 N–H and O–H groups in total. The standard InChI is InChI=1S/C28H20BrNO5/c1-15-6-8-16(9-7-15)14-30-26(33)21-22(27(30)34)28(35-23(21)17-10-12-18(29)13-11-17)24(31)19-4-2-3-5-20(19)25(28)32/h2-13,21-23H,14H2,1H3/t21-,22+,23+/m1/s1. The van der Waals surface area contributed by atoms with E-state index >= 15 is 0 Å². The number of fused-ring (bicyclic) bond motifs is 3. The summed E-state index contributed by atoms with van der Waals surface area (Å²) in [6.07, 6.45) is -0.908. The normalized spacial score (nSPS) is 24.4. The Hall–Kier alpha value is -3.42. The molecule has 6 nitrogen and oxygen atoms in total. The number of ketones is 2. The Kier molecular flexibility index (Phi) is 4.92. The molecule has 7 heteroatoms. The average molecular weight is 530 g/mol. The summed E-state index contributed by atoms with van der Waals surface area (Å²) in [5.41, 5.74) is 0.901. The Balaban J connectivity index is 1.48. The average Bonchev–Trinajstić information content (AvgIpc) is 3.42. The van der Waals surface area contributed by atoms with Crippen molar-refractivity contribution in [1.29, 1.82) is 0 Å². The monoisotopic (exact) mass is 529 g/mol. The van der Waals surface area contributed by atoms with E-state index in [1.54, 1.807) is 48.5 Å². The summed E-state index contributed by atoms with van der Waals surface area (Å²) >= 11 is 3.40. The minimum absolute atomic E-state index is 0.0728. The maximum absolute atomic E-state index is 13.8. The molecule has 1 spiro atoms. The molecule has 0 saturated carbocycles. The highest BCUT2D eigenvalue weighted by atomic mass is 79.9. The van der Waals surface area contributed by atoms with Crippen LogP contribution in [0.25, 0.3) is 0 Å². The molecule has 0 aromatic heterocycles. The predicted octanol–water partition coefficient (Wildman–Crippen LogP) is 4.45. The summed E-state index contributed by atoms with van der Waals surface area (Å²) in [6.45, 7) is 2.03. The fourth-order valence-corrected chi connectivity index (χ4v) is 5.83. The van der Waals surface area contributed by atoms with E-state index in [4.69, 9.17) is 4.74 Å². The molecule has 0 bridgehead atoms. The maximum atomic E-state index is 13.8. The van der Waals surface area contributed by atoms with Crippen LogP contribution in [-0.2, 0) is 20.9 Å². The number of imide groups is 1. The van der Waals surface area contributed by atoms with Crippen molar-refractivity contribution in [2.24, 2.45) is 11.8 Å². The third kappa shape index (κ3) is 3.04. The van der Waals surface area contributed by atoms with E-state index in [0.717, 1.165) is 15.6 Å². The lowest BCUT2D eigenvalue weighted by Gasteiger charge is -2.27. The Labute approximate surface area is 210 Å². The topological polar surface area (TPSA) is 80.8 Å². The van der Waals surface area contributed by atoms with E-state index in [9.17, 15) is 19.2 Å². The van der Waals surface area contributed by atoms with Crippen LogP contribution >= 0.6 is 15.9 Å². The van der Waals surface area contributed by atoms with Gasteiger partial charge in [0.1, 0.15) is 0 Å². The second-order valence-electron chi connectivity index (χ2n) is 9.28. The fourth-order valence-electron chi connectivity index (χ4n) is 5.56. The number of Topliss-reactive ketones (excluding diaryl/α,β-unsaturated/α-hetero) is 2. The molecule has 2 aliphatic heterocycles. The zero-order valence-electron chi connectivity index (χ0n) is 18.7. The van der Waals surface area contributed by atoms with Gasteiger partial charge in [0.2, 0.25) is 29.0 Å². The van der Waals surface area contributed by atoms with Crippen LogP contribution < -0.4 is 0 Å². The van der Waals surface area contributed by atoms with E-state index in [2.05, 4.69) is 15.9 Å². The number of rotatable bonds is 3. The smallest absolute Gasteiger partial charge is 0.237 e. The molecule has 1 aliphatic carbocycles. The summed E-state index contributed by atoms with van der Waals surface area (Å²) in [5.74, 6) is -4.27. The number of nitrogens with zero attached hydrogens (tertiary/aromatic N) is 1. The molecule has 0 radical (unpaired) electrons. The molecule has 3 aromatic carbocycles. The summed E-state index contributed by atoms with van der Waals surface area (Å²) in [6, 6.07) is 21.2. The minimum atomic E-state index is -2.04. The number of hydrogen-bond acceptors (Lipinski definition) is 5. The van der Waals surface area contributed by atoms with Gasteiger partial charge in [0.25, 0.3) is 0 Å². The molecule has 2 heterocycles. The van der Waals surface area contributed by atoms with Crippen LogP contribution in [0.4, 0.5) is 0 Å². The second-order valence-corrected chi connectivity index (χ2v) is 10.2. The maximum Gasteiger partial charge on any atom is 0.237 e. The number of aryl methyl sites for hydroxylation is 1. The molecular formula is C28H20BrNO5. The van der Waals surface area contributed by atoms with Gasteiger partial charge >= 0.3 is 0 Å². The van der Waals surface area contributed by atoms with Crippen molar-refractivity contribution in [1.82, 2.24) is 4.90 Å². The molecule has 174 valence electrons. The number of ether oxygens (including phenoxy) is 1. The summed E-state index contributed by atoms with van der Waals surface area (Å²) < 4.78 is 7.12. The first-order valence-electron chi connectivity index (χ1n) is 11.4. The first-order valence-corrected chi connectivity index (χ1v) is 12.1. The van der Waals surface area contributed by atoms with E-state index < -0.39 is 46.9 Å². The summed E-state index contributed by atoms with van der Waals surface area (Å²) in [7, 11) is 0. The third-order valence-electron chi connectivity index (χ3n) is 7.27.